The fourth-order valence-electron chi connectivity index (χ4n) is 3.61. The zero-order valence-electron chi connectivity index (χ0n) is 16.0. The summed E-state index contributed by atoms with van der Waals surface area (Å²) in [4.78, 5) is 19.6. The van der Waals surface area contributed by atoms with Crippen molar-refractivity contribution in [2.24, 2.45) is 4.99 Å². The molecule has 1 aliphatic heterocycles. The van der Waals surface area contributed by atoms with E-state index >= 15 is 0 Å². The van der Waals surface area contributed by atoms with Crippen molar-refractivity contribution in [3.05, 3.63) is 57.6 Å². The van der Waals surface area contributed by atoms with Gasteiger partial charge in [-0.05, 0) is 49.6 Å². The van der Waals surface area contributed by atoms with E-state index in [0.29, 0.717) is 40.7 Å². The molecule has 0 aliphatic carbocycles. The number of rotatable bonds is 6. The van der Waals surface area contributed by atoms with E-state index in [1.165, 1.54) is 23.7 Å². The molecule has 0 saturated carbocycles. The van der Waals surface area contributed by atoms with Gasteiger partial charge in [-0.3, -0.25) is 4.79 Å². The first-order valence-corrected chi connectivity index (χ1v) is 11.5. The fourth-order valence-corrected chi connectivity index (χ4v) is 6.22. The van der Waals surface area contributed by atoms with Crippen LogP contribution in [0.15, 0.2) is 44.0 Å². The molecule has 7 nitrogen and oxygen atoms in total. The van der Waals surface area contributed by atoms with Crippen LogP contribution in [0.5, 0.6) is 0 Å². The maximum Gasteiger partial charge on any atom is 0.323 e. The van der Waals surface area contributed by atoms with Crippen molar-refractivity contribution in [2.75, 3.05) is 0 Å². The number of carboxylic acids is 1. The van der Waals surface area contributed by atoms with E-state index < -0.39 is 21.6 Å². The molecule has 0 atom stereocenters. The minimum Gasteiger partial charge on any atom is -0.480 e. The number of thiazole rings is 1. The summed E-state index contributed by atoms with van der Waals surface area (Å²) >= 11 is 1.01. The van der Waals surface area contributed by atoms with Crippen LogP contribution >= 0.6 is 11.3 Å². The Morgan fingerprint density at radius 3 is 2.83 bits per heavy atom. The van der Waals surface area contributed by atoms with Gasteiger partial charge in [0.15, 0.2) is 5.03 Å². The number of aromatic nitrogens is 2. The van der Waals surface area contributed by atoms with Gasteiger partial charge in [-0.1, -0.05) is 0 Å². The molecule has 4 rings (SSSR count). The lowest BCUT2D eigenvalue weighted by molar-refractivity contribution is -0.137. The zero-order valence-corrected chi connectivity index (χ0v) is 17.6. The number of nitrogens with zero attached hydrogens (tertiary/aromatic N) is 3. The number of carboxylic acid groups (broad SMARTS) is 1. The SMILES string of the molecule is Cc1c(Cc2ncsc2S(=O)(=O)C2=CCCC=N2)c2cc(F)ccc2n1CC(=O)O. The normalized spacial score (nSPS) is 14.3. The van der Waals surface area contributed by atoms with Gasteiger partial charge in [0.05, 0.1) is 11.2 Å². The average Bonchev–Trinajstić information content (AvgIpc) is 3.28. The van der Waals surface area contributed by atoms with Gasteiger partial charge in [0.2, 0.25) is 9.84 Å². The Labute approximate surface area is 176 Å². The summed E-state index contributed by atoms with van der Waals surface area (Å²) in [5, 5.41) is 9.81. The number of sulfone groups is 1. The Hall–Kier alpha value is -2.85. The number of halogens is 1. The Morgan fingerprint density at radius 1 is 1.33 bits per heavy atom. The molecule has 156 valence electrons. The van der Waals surface area contributed by atoms with E-state index in [9.17, 15) is 22.7 Å². The Balaban J connectivity index is 1.82. The lowest BCUT2D eigenvalue weighted by atomic mass is 10.1. The summed E-state index contributed by atoms with van der Waals surface area (Å²) in [5.74, 6) is -1.48. The molecule has 3 aromatic rings. The van der Waals surface area contributed by atoms with Gasteiger partial charge < -0.3 is 9.67 Å². The zero-order chi connectivity index (χ0) is 21.5. The van der Waals surface area contributed by atoms with Crippen LogP contribution < -0.4 is 0 Å². The maximum absolute atomic E-state index is 14.0. The molecule has 0 saturated heterocycles. The second-order valence-electron chi connectivity index (χ2n) is 6.90. The van der Waals surface area contributed by atoms with Crippen molar-refractivity contribution in [1.82, 2.24) is 9.55 Å². The highest BCUT2D eigenvalue weighted by Crippen LogP contribution is 2.33. The third-order valence-corrected chi connectivity index (χ3v) is 8.16. The van der Waals surface area contributed by atoms with Gasteiger partial charge in [-0.15, -0.1) is 11.3 Å². The van der Waals surface area contributed by atoms with Crippen molar-refractivity contribution in [2.45, 2.75) is 36.9 Å². The molecule has 0 spiro atoms. The predicted molar refractivity (Wildman–Crippen MR) is 112 cm³/mol. The first-order valence-electron chi connectivity index (χ1n) is 9.18. The molecule has 0 amide bonds. The van der Waals surface area contributed by atoms with Crippen LogP contribution in [-0.4, -0.2) is 35.3 Å². The number of aliphatic imine (C=N–C) groups is 1. The minimum absolute atomic E-state index is 0.00956. The van der Waals surface area contributed by atoms with Crippen LogP contribution in [0.3, 0.4) is 0 Å². The third-order valence-electron chi connectivity index (χ3n) is 5.01. The molecule has 2 aromatic heterocycles. The molecule has 30 heavy (non-hydrogen) atoms. The first-order chi connectivity index (χ1) is 14.3. The van der Waals surface area contributed by atoms with Gasteiger partial charge >= 0.3 is 5.97 Å². The molecule has 10 heteroatoms. The topological polar surface area (TPSA) is 102 Å². The number of fused-ring (bicyclic) bond motifs is 1. The maximum atomic E-state index is 14.0. The molecule has 3 heterocycles. The highest BCUT2D eigenvalue weighted by Gasteiger charge is 2.28. The fraction of sp³-hybridized carbons (Fsp3) is 0.250. The van der Waals surface area contributed by atoms with E-state index in [1.807, 2.05) is 0 Å². The molecule has 1 N–H and O–H groups in total. The van der Waals surface area contributed by atoms with Gasteiger partial charge in [0, 0.05) is 29.2 Å². The van der Waals surface area contributed by atoms with E-state index in [-0.39, 0.29) is 22.2 Å². The summed E-state index contributed by atoms with van der Waals surface area (Å²) in [6, 6.07) is 4.14. The van der Waals surface area contributed by atoms with Crippen molar-refractivity contribution in [3.8, 4) is 0 Å². The van der Waals surface area contributed by atoms with Crippen molar-refractivity contribution >= 4 is 44.3 Å². The molecule has 0 radical (unpaired) electrons. The van der Waals surface area contributed by atoms with E-state index in [0.717, 1.165) is 11.3 Å². The van der Waals surface area contributed by atoms with Crippen molar-refractivity contribution in [3.63, 3.8) is 0 Å². The summed E-state index contributed by atoms with van der Waals surface area (Å²) in [6.07, 6.45) is 4.61. The van der Waals surface area contributed by atoms with Gasteiger partial charge in [-0.25, -0.2) is 22.8 Å². The first kappa shape index (κ1) is 20.4. The molecular formula is C20H18FN3O4S2. The van der Waals surface area contributed by atoms with E-state index in [2.05, 4.69) is 9.98 Å². The highest BCUT2D eigenvalue weighted by molar-refractivity contribution is 7.97. The monoisotopic (exact) mass is 447 g/mol. The second kappa shape index (κ2) is 7.77. The average molecular weight is 448 g/mol. The molecule has 1 aliphatic rings. The number of allylic oxidation sites excluding steroid dienone is 1. The largest absolute Gasteiger partial charge is 0.480 e. The Kier molecular flexibility index (Phi) is 5.29. The lowest BCUT2D eigenvalue weighted by Gasteiger charge is -2.09. The van der Waals surface area contributed by atoms with Crippen LogP contribution in [0.1, 0.15) is 29.8 Å². The van der Waals surface area contributed by atoms with Crippen LogP contribution in [-0.2, 0) is 27.6 Å². The number of hydrogen-bond acceptors (Lipinski definition) is 6. The molecule has 0 bridgehead atoms. The Bertz CT molecular complexity index is 1320. The molecule has 0 unspecified atom stereocenters. The molecule has 1 aromatic carbocycles. The Morgan fingerprint density at radius 2 is 2.13 bits per heavy atom. The second-order valence-corrected chi connectivity index (χ2v) is 9.85. The quantitative estimate of drug-likeness (QED) is 0.621. The lowest BCUT2D eigenvalue weighted by Crippen LogP contribution is -2.10. The van der Waals surface area contributed by atoms with E-state index in [4.69, 9.17) is 0 Å². The molecular weight excluding hydrogens is 429 g/mol. The number of benzene rings is 1. The van der Waals surface area contributed by atoms with Gasteiger partial charge in [0.1, 0.15) is 16.6 Å². The standard InChI is InChI=1S/C20H18FN3O4S2/c1-12-14(15-8-13(21)5-6-17(15)24(12)10-19(25)26)9-16-20(29-11-23-16)30(27,28)18-4-2-3-7-22-18/h4-8,11H,2-3,9-10H2,1H3,(H,25,26). The smallest absolute Gasteiger partial charge is 0.323 e. The third kappa shape index (κ3) is 3.56. The van der Waals surface area contributed by atoms with Gasteiger partial charge in [-0.2, -0.15) is 0 Å². The number of carbonyl (C=O) groups is 1. The summed E-state index contributed by atoms with van der Waals surface area (Å²) in [7, 11) is -3.81. The van der Waals surface area contributed by atoms with Crippen LogP contribution in [0.4, 0.5) is 4.39 Å². The predicted octanol–water partition coefficient (Wildman–Crippen LogP) is 3.70. The highest BCUT2D eigenvalue weighted by atomic mass is 32.2. The van der Waals surface area contributed by atoms with Crippen LogP contribution in [0, 0.1) is 12.7 Å². The number of aliphatic carboxylic acids is 1. The summed E-state index contributed by atoms with van der Waals surface area (Å²) in [6.45, 7) is 1.46. The summed E-state index contributed by atoms with van der Waals surface area (Å²) in [5.41, 5.74) is 3.65. The summed E-state index contributed by atoms with van der Waals surface area (Å²) < 4.78 is 41.8. The van der Waals surface area contributed by atoms with Crippen molar-refractivity contribution < 1.29 is 22.7 Å². The van der Waals surface area contributed by atoms with E-state index in [1.54, 1.807) is 23.8 Å². The molecule has 0 fully saturated rings. The van der Waals surface area contributed by atoms with Crippen molar-refractivity contribution in [1.29, 1.82) is 0 Å². The van der Waals surface area contributed by atoms with Gasteiger partial charge in [0.25, 0.3) is 0 Å². The van der Waals surface area contributed by atoms with Crippen LogP contribution in [0.2, 0.25) is 0 Å². The van der Waals surface area contributed by atoms with Crippen LogP contribution in [0.25, 0.3) is 10.9 Å². The number of hydrogen-bond donors (Lipinski definition) is 1. The minimum atomic E-state index is -3.81.